The molecule has 1 heterocycles. The molecule has 0 radical (unpaired) electrons. The number of rotatable bonds is 7. The first kappa shape index (κ1) is 22.9. The van der Waals surface area contributed by atoms with E-state index in [1.54, 1.807) is 24.3 Å². The maximum Gasteiger partial charge on any atom is 0.323 e. The molecule has 3 aromatic rings. The molecular weight excluding hydrogens is 421 g/mol. The number of amides is 2. The van der Waals surface area contributed by atoms with Crippen LogP contribution in [0, 0.1) is 24.4 Å². The molecule has 0 spiro atoms. The number of benzene rings is 2. The van der Waals surface area contributed by atoms with Crippen LogP contribution in [0.4, 0.5) is 46.7 Å². The van der Waals surface area contributed by atoms with Gasteiger partial charge in [-0.3, -0.25) is 0 Å². The first-order chi connectivity index (χ1) is 15.3. The van der Waals surface area contributed by atoms with E-state index in [9.17, 15) is 18.0 Å². The highest BCUT2D eigenvalue weighted by Gasteiger charge is 2.15. The highest BCUT2D eigenvalue weighted by molar-refractivity contribution is 5.99. The molecule has 32 heavy (non-hydrogen) atoms. The molecule has 168 valence electrons. The van der Waals surface area contributed by atoms with Crippen LogP contribution in [0.15, 0.2) is 42.5 Å². The molecule has 10 heteroatoms. The van der Waals surface area contributed by atoms with Crippen LogP contribution in [0.25, 0.3) is 0 Å². The number of aromatic nitrogens is 2. The highest BCUT2D eigenvalue weighted by atomic mass is 19.2. The normalized spacial score (nSPS) is 10.6. The molecule has 0 atom stereocenters. The van der Waals surface area contributed by atoms with Crippen LogP contribution in [0.1, 0.15) is 19.7 Å². The van der Waals surface area contributed by atoms with Gasteiger partial charge in [-0.15, -0.1) is 0 Å². The quantitative estimate of drug-likeness (QED) is 0.423. The standard InChI is InChI=1S/C22H23F3N6O/c1-4-31(5-2)19-12-18(26-13(3)27-19)28-14-6-8-15(9-7-14)29-22(32)30-17-11-10-16(23)20(24)21(17)25/h6-12H,4-5H2,1-3H3,(H,26,27,28)(H2,29,30,32). The fraction of sp³-hybridized carbons (Fsp3) is 0.227. The van der Waals surface area contributed by atoms with E-state index in [2.05, 4.69) is 44.7 Å². The second-order valence-corrected chi connectivity index (χ2v) is 6.84. The van der Waals surface area contributed by atoms with E-state index in [0.29, 0.717) is 17.3 Å². The Hall–Kier alpha value is -3.82. The molecule has 0 unspecified atom stereocenters. The number of nitrogens with one attached hydrogen (secondary N) is 3. The Labute approximate surface area is 183 Å². The zero-order chi connectivity index (χ0) is 23.3. The molecular formula is C22H23F3N6O. The average molecular weight is 444 g/mol. The third-order valence-electron chi connectivity index (χ3n) is 4.61. The lowest BCUT2D eigenvalue weighted by Crippen LogP contribution is -2.23. The number of hydrogen-bond acceptors (Lipinski definition) is 5. The zero-order valence-corrected chi connectivity index (χ0v) is 17.8. The van der Waals surface area contributed by atoms with Gasteiger partial charge in [-0.2, -0.15) is 0 Å². The molecule has 2 aromatic carbocycles. The maximum absolute atomic E-state index is 13.7. The lowest BCUT2D eigenvalue weighted by molar-refractivity contribution is 0.262. The predicted octanol–water partition coefficient (Wildman–Crippen LogP) is 5.44. The number of anilines is 5. The van der Waals surface area contributed by atoms with Crippen molar-refractivity contribution in [2.24, 2.45) is 0 Å². The number of halogens is 3. The van der Waals surface area contributed by atoms with Crippen molar-refractivity contribution in [2.75, 3.05) is 33.9 Å². The summed E-state index contributed by atoms with van der Waals surface area (Å²) in [6, 6.07) is 9.43. The molecule has 0 saturated heterocycles. The Morgan fingerprint density at radius 3 is 2.22 bits per heavy atom. The van der Waals surface area contributed by atoms with Gasteiger partial charge in [-0.05, 0) is 57.2 Å². The number of aryl methyl sites for hydroxylation is 1. The van der Waals surface area contributed by atoms with Crippen molar-refractivity contribution >= 4 is 34.7 Å². The summed E-state index contributed by atoms with van der Waals surface area (Å²) in [5.74, 6) is -2.36. The van der Waals surface area contributed by atoms with Crippen molar-refractivity contribution < 1.29 is 18.0 Å². The van der Waals surface area contributed by atoms with Gasteiger partial charge in [0.25, 0.3) is 0 Å². The number of nitrogens with zero attached hydrogens (tertiary/aromatic N) is 3. The second-order valence-electron chi connectivity index (χ2n) is 6.84. The Morgan fingerprint density at radius 2 is 1.56 bits per heavy atom. The van der Waals surface area contributed by atoms with E-state index in [-0.39, 0.29) is 0 Å². The molecule has 3 rings (SSSR count). The summed E-state index contributed by atoms with van der Waals surface area (Å²) in [6.45, 7) is 7.57. The third-order valence-corrected chi connectivity index (χ3v) is 4.61. The van der Waals surface area contributed by atoms with Crippen LogP contribution in [-0.2, 0) is 0 Å². The number of carbonyl (C=O) groups is 1. The maximum atomic E-state index is 13.7. The van der Waals surface area contributed by atoms with Crippen molar-refractivity contribution in [3.8, 4) is 0 Å². The van der Waals surface area contributed by atoms with Crippen LogP contribution < -0.4 is 20.9 Å². The van der Waals surface area contributed by atoms with Gasteiger partial charge >= 0.3 is 6.03 Å². The van der Waals surface area contributed by atoms with Gasteiger partial charge < -0.3 is 20.9 Å². The fourth-order valence-electron chi connectivity index (χ4n) is 3.02. The smallest absolute Gasteiger partial charge is 0.323 e. The van der Waals surface area contributed by atoms with Crippen LogP contribution in [0.3, 0.4) is 0 Å². The fourth-order valence-corrected chi connectivity index (χ4v) is 3.02. The van der Waals surface area contributed by atoms with Gasteiger partial charge in [-0.1, -0.05) is 0 Å². The second kappa shape index (κ2) is 9.99. The molecule has 3 N–H and O–H groups in total. The highest BCUT2D eigenvalue weighted by Crippen LogP contribution is 2.22. The molecule has 0 fully saturated rings. The molecule has 0 saturated carbocycles. The Kier molecular flexibility index (Phi) is 7.14. The molecule has 0 bridgehead atoms. The summed E-state index contributed by atoms with van der Waals surface area (Å²) >= 11 is 0. The predicted molar refractivity (Wildman–Crippen MR) is 119 cm³/mol. The summed E-state index contributed by atoms with van der Waals surface area (Å²) in [7, 11) is 0. The molecule has 0 aliphatic rings. The van der Waals surface area contributed by atoms with Crippen molar-refractivity contribution in [3.63, 3.8) is 0 Å². The van der Waals surface area contributed by atoms with Crippen LogP contribution in [0.2, 0.25) is 0 Å². The van der Waals surface area contributed by atoms with Crippen LogP contribution in [0.5, 0.6) is 0 Å². The minimum atomic E-state index is -1.65. The van der Waals surface area contributed by atoms with E-state index in [1.165, 1.54) is 0 Å². The number of hydrogen-bond donors (Lipinski definition) is 3. The number of urea groups is 1. The van der Waals surface area contributed by atoms with Crippen LogP contribution in [-0.4, -0.2) is 29.1 Å². The van der Waals surface area contributed by atoms with Crippen molar-refractivity contribution in [2.45, 2.75) is 20.8 Å². The molecule has 2 amide bonds. The summed E-state index contributed by atoms with van der Waals surface area (Å²) in [5.41, 5.74) is 0.674. The van der Waals surface area contributed by atoms with E-state index in [1.807, 2.05) is 13.0 Å². The molecule has 7 nitrogen and oxygen atoms in total. The van der Waals surface area contributed by atoms with Crippen LogP contribution >= 0.6 is 0 Å². The zero-order valence-electron chi connectivity index (χ0n) is 17.8. The van der Waals surface area contributed by atoms with Gasteiger partial charge in [0.1, 0.15) is 17.5 Å². The molecule has 0 aliphatic carbocycles. The van der Waals surface area contributed by atoms with Gasteiger partial charge in [0.15, 0.2) is 17.5 Å². The van der Waals surface area contributed by atoms with Crippen molar-refractivity contribution in [3.05, 3.63) is 65.7 Å². The van der Waals surface area contributed by atoms with Crippen molar-refractivity contribution in [1.82, 2.24) is 9.97 Å². The van der Waals surface area contributed by atoms with Gasteiger partial charge in [0.2, 0.25) is 0 Å². The Morgan fingerprint density at radius 1 is 0.906 bits per heavy atom. The van der Waals surface area contributed by atoms with E-state index in [0.717, 1.165) is 36.7 Å². The van der Waals surface area contributed by atoms with Gasteiger partial charge in [0, 0.05) is 30.5 Å². The lowest BCUT2D eigenvalue weighted by Gasteiger charge is -2.20. The Bertz CT molecular complexity index is 1100. The van der Waals surface area contributed by atoms with E-state index >= 15 is 0 Å². The first-order valence-corrected chi connectivity index (χ1v) is 10.00. The first-order valence-electron chi connectivity index (χ1n) is 10.00. The lowest BCUT2D eigenvalue weighted by atomic mass is 10.2. The van der Waals surface area contributed by atoms with Gasteiger partial charge in [0.05, 0.1) is 5.69 Å². The molecule has 0 aliphatic heterocycles. The Balaban J connectivity index is 1.65. The number of carbonyl (C=O) groups excluding carboxylic acids is 1. The topological polar surface area (TPSA) is 82.2 Å². The summed E-state index contributed by atoms with van der Waals surface area (Å²) in [6.07, 6.45) is 0. The third kappa shape index (κ3) is 5.45. The summed E-state index contributed by atoms with van der Waals surface area (Å²) in [4.78, 5) is 23.0. The SMILES string of the molecule is CCN(CC)c1cc(Nc2ccc(NC(=O)Nc3ccc(F)c(F)c3F)cc2)nc(C)n1. The largest absolute Gasteiger partial charge is 0.357 e. The molecule has 1 aromatic heterocycles. The minimum Gasteiger partial charge on any atom is -0.357 e. The minimum absolute atomic E-state index is 0.416. The summed E-state index contributed by atoms with van der Waals surface area (Å²) in [5, 5.41) is 7.84. The van der Waals surface area contributed by atoms with Crippen molar-refractivity contribution in [1.29, 1.82) is 0 Å². The van der Waals surface area contributed by atoms with Gasteiger partial charge in [-0.25, -0.2) is 27.9 Å². The monoisotopic (exact) mass is 444 g/mol. The van der Waals surface area contributed by atoms with E-state index < -0.39 is 29.2 Å². The van der Waals surface area contributed by atoms with E-state index in [4.69, 9.17) is 0 Å². The average Bonchev–Trinajstić information content (AvgIpc) is 2.76. The summed E-state index contributed by atoms with van der Waals surface area (Å²) < 4.78 is 40.0.